The summed E-state index contributed by atoms with van der Waals surface area (Å²) in [5.74, 6) is 0. The van der Waals surface area contributed by atoms with Crippen LogP contribution >= 0.6 is 0 Å². The zero-order valence-corrected chi connectivity index (χ0v) is 10.4. The molecule has 60 valence electrons. The molecule has 0 unspecified atom stereocenters. The van der Waals surface area contributed by atoms with Gasteiger partial charge in [-0.05, 0) is 18.0 Å². The second-order valence-electron chi connectivity index (χ2n) is 2.69. The molecule has 0 radical (unpaired) electrons. The van der Waals surface area contributed by atoms with Gasteiger partial charge in [0, 0.05) is 0 Å². The molecule has 0 aliphatic carbocycles. The Kier molecular flexibility index (Phi) is 4.19. The first-order valence-corrected chi connectivity index (χ1v) is 6.82. The van der Waals surface area contributed by atoms with Crippen LogP contribution in [0.15, 0.2) is 30.3 Å². The highest BCUT2D eigenvalue weighted by atomic mass is 28.3. The van der Waals surface area contributed by atoms with Gasteiger partial charge in [0.15, 0.2) is 0 Å². The summed E-state index contributed by atoms with van der Waals surface area (Å²) in [5.41, 5.74) is 1.48. The van der Waals surface area contributed by atoms with Gasteiger partial charge in [0.1, 0.15) is 0 Å². The van der Waals surface area contributed by atoms with Crippen molar-refractivity contribution in [1.29, 1.82) is 0 Å². The van der Waals surface area contributed by atoms with Gasteiger partial charge >= 0.3 is 0 Å². The fourth-order valence-electron chi connectivity index (χ4n) is 1.11. The third kappa shape index (κ3) is 3.50. The maximum Gasteiger partial charge on any atom is 0.0846 e. The van der Waals surface area contributed by atoms with Crippen LogP contribution in [0.2, 0.25) is 6.04 Å². The van der Waals surface area contributed by atoms with Gasteiger partial charge in [-0.15, -0.1) is 0 Å². The fourth-order valence-corrected chi connectivity index (χ4v) is 3.11. The van der Waals surface area contributed by atoms with Crippen molar-refractivity contribution in [3.8, 4) is 0 Å². The largest absolute Gasteiger partial charge is 0.372 e. The third-order valence-electron chi connectivity index (χ3n) is 1.74. The van der Waals surface area contributed by atoms with Gasteiger partial charge in [0.25, 0.3) is 0 Å². The summed E-state index contributed by atoms with van der Waals surface area (Å²) in [7, 11) is 1.27. The van der Waals surface area contributed by atoms with E-state index >= 15 is 0 Å². The van der Waals surface area contributed by atoms with Gasteiger partial charge in [0.05, 0.1) is 20.1 Å². The van der Waals surface area contributed by atoms with E-state index < -0.39 is 0 Å². The molecule has 0 amide bonds. The molecule has 1 aromatic rings. The van der Waals surface area contributed by atoms with Gasteiger partial charge in [-0.25, -0.2) is 0 Å². The summed E-state index contributed by atoms with van der Waals surface area (Å²) < 4.78 is 3.42. The number of hydrogen-bond donors (Lipinski definition) is 1. The Balaban J connectivity index is 2.28. The lowest BCUT2D eigenvalue weighted by Gasteiger charge is -1.98. The van der Waals surface area contributed by atoms with Crippen molar-refractivity contribution in [3.05, 3.63) is 35.9 Å². The van der Waals surface area contributed by atoms with Crippen molar-refractivity contribution < 1.29 is 0 Å². The molecule has 1 N–H and O–H groups in total. The van der Waals surface area contributed by atoms with E-state index in [1.54, 1.807) is 0 Å². The molecular weight excluding hydrogens is 166 g/mol. The highest BCUT2D eigenvalue weighted by Gasteiger charge is 1.89. The maximum absolute atomic E-state index is 3.42. The monoisotopic (exact) mass is 181 g/mol. The quantitative estimate of drug-likeness (QED) is 0.492. The Labute approximate surface area is 73.6 Å². The molecule has 0 fully saturated rings. The topological polar surface area (TPSA) is 12.0 Å². The normalized spacial score (nSPS) is 11.3. The number of hydrogen-bond acceptors (Lipinski definition) is 1. The number of rotatable bonds is 4. The first-order valence-electron chi connectivity index (χ1n) is 4.12. The second-order valence-corrected chi connectivity index (χ2v) is 6.73. The molecule has 0 saturated heterocycles. The van der Waals surface area contributed by atoms with E-state index in [2.05, 4.69) is 35.0 Å². The van der Waals surface area contributed by atoms with E-state index in [4.69, 9.17) is 0 Å². The van der Waals surface area contributed by atoms with Gasteiger partial charge in [-0.2, -0.15) is 0 Å². The van der Waals surface area contributed by atoms with Crippen LogP contribution in [-0.2, 0) is 6.42 Å². The second kappa shape index (κ2) is 5.29. The van der Waals surface area contributed by atoms with Crippen LogP contribution in [0.5, 0.6) is 0 Å². The van der Waals surface area contributed by atoms with Gasteiger partial charge in [-0.1, -0.05) is 30.3 Å². The summed E-state index contributed by atoms with van der Waals surface area (Å²) in [4.78, 5) is 0. The number of benzene rings is 1. The van der Waals surface area contributed by atoms with E-state index in [0.29, 0.717) is 0 Å². The predicted molar refractivity (Wildman–Crippen MR) is 56.6 cm³/mol. The van der Waals surface area contributed by atoms with Gasteiger partial charge < -0.3 is 4.65 Å². The highest BCUT2D eigenvalue weighted by Crippen LogP contribution is 2.00. The SMILES string of the molecule is [SiH3]N[SiH2]CCc1ccccc1. The minimum Gasteiger partial charge on any atom is -0.372 e. The number of aryl methyl sites for hydroxylation is 1. The molecule has 11 heavy (non-hydrogen) atoms. The van der Waals surface area contributed by atoms with Crippen molar-refractivity contribution >= 4 is 20.1 Å². The summed E-state index contributed by atoms with van der Waals surface area (Å²) in [6.45, 7) is 0. The first-order chi connectivity index (χ1) is 5.43. The molecule has 0 aliphatic heterocycles. The first kappa shape index (κ1) is 8.71. The molecule has 1 aromatic carbocycles. The van der Waals surface area contributed by atoms with Crippen LogP contribution in [0, 0.1) is 0 Å². The third-order valence-corrected chi connectivity index (χ3v) is 4.44. The Morgan fingerprint density at radius 2 is 2.00 bits per heavy atom. The van der Waals surface area contributed by atoms with Crippen molar-refractivity contribution in [2.45, 2.75) is 12.5 Å². The molecule has 1 rings (SSSR count). The summed E-state index contributed by atoms with van der Waals surface area (Å²) >= 11 is 0. The van der Waals surface area contributed by atoms with Gasteiger partial charge in [0.2, 0.25) is 0 Å². The Morgan fingerprint density at radius 1 is 1.27 bits per heavy atom. The lowest BCUT2D eigenvalue weighted by molar-refractivity contribution is 1.11. The van der Waals surface area contributed by atoms with Crippen molar-refractivity contribution in [2.24, 2.45) is 0 Å². The Bertz CT molecular complexity index is 189. The zero-order chi connectivity index (χ0) is 7.94. The van der Waals surface area contributed by atoms with Crippen LogP contribution in [-0.4, -0.2) is 20.1 Å². The number of nitrogens with one attached hydrogen (secondary N) is 1. The van der Waals surface area contributed by atoms with Crippen molar-refractivity contribution in [3.63, 3.8) is 0 Å². The highest BCUT2D eigenvalue weighted by molar-refractivity contribution is 6.41. The molecule has 0 bridgehead atoms. The van der Waals surface area contributed by atoms with E-state index in [-0.39, 0.29) is 9.68 Å². The van der Waals surface area contributed by atoms with E-state index in [0.717, 1.165) is 0 Å². The molecule has 0 heterocycles. The van der Waals surface area contributed by atoms with Crippen molar-refractivity contribution in [2.75, 3.05) is 0 Å². The maximum atomic E-state index is 3.42. The smallest absolute Gasteiger partial charge is 0.0846 e. The summed E-state index contributed by atoms with van der Waals surface area (Å²) in [6.07, 6.45) is 1.27. The van der Waals surface area contributed by atoms with Crippen LogP contribution in [0.1, 0.15) is 5.56 Å². The van der Waals surface area contributed by atoms with Gasteiger partial charge in [-0.3, -0.25) is 0 Å². The fraction of sp³-hybridized carbons (Fsp3) is 0.250. The van der Waals surface area contributed by atoms with Crippen LogP contribution in [0.25, 0.3) is 0 Å². The molecule has 0 spiro atoms. The van der Waals surface area contributed by atoms with Crippen molar-refractivity contribution in [1.82, 2.24) is 4.65 Å². The zero-order valence-electron chi connectivity index (χ0n) is 7.01. The molecule has 0 aromatic heterocycles. The van der Waals surface area contributed by atoms with E-state index in [1.165, 1.54) is 28.4 Å². The van der Waals surface area contributed by atoms with Crippen LogP contribution in [0.3, 0.4) is 0 Å². The lowest BCUT2D eigenvalue weighted by atomic mass is 10.2. The standard InChI is InChI=1S/C8H15NSi2/c10-9-11-7-6-8-4-2-1-3-5-8/h1-5,9H,6-7,11H2,10H3. The Morgan fingerprint density at radius 3 is 2.64 bits per heavy atom. The van der Waals surface area contributed by atoms with Crippen LogP contribution in [0.4, 0.5) is 0 Å². The molecule has 0 atom stereocenters. The lowest BCUT2D eigenvalue weighted by Crippen LogP contribution is -2.14. The molecule has 1 nitrogen and oxygen atoms in total. The minimum atomic E-state index is 0.0896. The molecular formula is C8H15NSi2. The van der Waals surface area contributed by atoms with E-state index in [1.807, 2.05) is 0 Å². The van der Waals surface area contributed by atoms with E-state index in [9.17, 15) is 0 Å². The molecule has 3 heteroatoms. The Hall–Kier alpha value is -0.386. The molecule has 0 saturated carbocycles. The predicted octanol–water partition coefficient (Wildman–Crippen LogP) is -0.399. The summed E-state index contributed by atoms with van der Waals surface area (Å²) in [6, 6.07) is 12.1. The average molecular weight is 181 g/mol. The van der Waals surface area contributed by atoms with Crippen LogP contribution < -0.4 is 4.65 Å². The summed E-state index contributed by atoms with van der Waals surface area (Å²) in [5, 5.41) is 0. The average Bonchev–Trinajstić information content (AvgIpc) is 2.07. The molecule has 0 aliphatic rings. The minimum absolute atomic E-state index is 0.0896.